The van der Waals surface area contributed by atoms with E-state index in [1.807, 2.05) is 6.92 Å². The Hall–Kier alpha value is -2.06. The van der Waals surface area contributed by atoms with Crippen LogP contribution in [0.1, 0.15) is 51.5 Å². The van der Waals surface area contributed by atoms with Crippen LogP contribution in [0, 0.1) is 5.41 Å². The summed E-state index contributed by atoms with van der Waals surface area (Å²) in [5, 5.41) is 28.1. The molecule has 0 aromatic carbocycles. The zero-order valence-electron chi connectivity index (χ0n) is 21.0. The number of urea groups is 1. The number of halogens is 5. The molecule has 0 bridgehead atoms. The third-order valence-corrected chi connectivity index (χ3v) is 8.04. The molecule has 15 heteroatoms. The van der Waals surface area contributed by atoms with Gasteiger partial charge in [0.2, 0.25) is 0 Å². The molecule has 4 N–H and O–H groups in total. The van der Waals surface area contributed by atoms with Crippen molar-refractivity contribution in [1.82, 2.24) is 19.4 Å². The van der Waals surface area contributed by atoms with Crippen molar-refractivity contribution in [1.29, 1.82) is 5.41 Å². The van der Waals surface area contributed by atoms with Gasteiger partial charge in [-0.05, 0) is 60.2 Å². The first-order valence-electron chi connectivity index (χ1n) is 12.0. The van der Waals surface area contributed by atoms with E-state index in [-0.39, 0.29) is 26.1 Å². The first kappa shape index (κ1) is 30.5. The summed E-state index contributed by atoms with van der Waals surface area (Å²) in [6.45, 7) is 2.86. The maximum Gasteiger partial charge on any atom is 0.386 e. The number of alkyl halides is 4. The molecule has 2 aliphatic rings. The van der Waals surface area contributed by atoms with E-state index in [9.17, 15) is 27.5 Å². The SMILES string of the molecule is CC(F)(F)F.CCCN(C(=O)Nc1cn(PI)nc1-c1cc(NCC2(F)CC2)c(C=N)cn1)C1(CO)CC1. The molecule has 0 saturated heterocycles. The number of anilines is 2. The van der Waals surface area contributed by atoms with Gasteiger partial charge in [0.05, 0.1) is 36.1 Å². The minimum atomic E-state index is -4.00. The topological polar surface area (TPSA) is 119 Å². The summed E-state index contributed by atoms with van der Waals surface area (Å²) in [5.74, 6) is 0. The van der Waals surface area contributed by atoms with Crippen molar-refractivity contribution in [2.24, 2.45) is 0 Å². The van der Waals surface area contributed by atoms with Gasteiger partial charge in [-0.25, -0.2) is 13.6 Å². The van der Waals surface area contributed by atoms with E-state index >= 15 is 0 Å². The van der Waals surface area contributed by atoms with Crippen LogP contribution in [0.15, 0.2) is 18.5 Å². The van der Waals surface area contributed by atoms with Gasteiger partial charge >= 0.3 is 12.2 Å². The number of pyridine rings is 1. The molecule has 1 unspecified atom stereocenters. The zero-order chi connectivity index (χ0) is 28.1. The molecule has 2 amide bonds. The number of carbonyl (C=O) groups excluding carboxylic acids is 1. The Morgan fingerprint density at radius 3 is 2.50 bits per heavy atom. The number of carbonyl (C=O) groups is 1. The lowest BCUT2D eigenvalue weighted by Crippen LogP contribution is -2.47. The molecule has 1 atom stereocenters. The van der Waals surface area contributed by atoms with Crippen LogP contribution < -0.4 is 10.6 Å². The van der Waals surface area contributed by atoms with E-state index in [2.05, 4.69) is 42.8 Å². The average molecular weight is 671 g/mol. The minimum absolute atomic E-state index is 0.0561. The smallest absolute Gasteiger partial charge is 0.386 e. The average Bonchev–Trinajstić information content (AvgIpc) is 3.78. The number of hydrogen-bond acceptors (Lipinski definition) is 6. The summed E-state index contributed by atoms with van der Waals surface area (Å²) in [7, 11) is 0. The van der Waals surface area contributed by atoms with Gasteiger partial charge < -0.3 is 26.0 Å². The number of nitrogens with zero attached hydrogens (tertiary/aromatic N) is 4. The van der Waals surface area contributed by atoms with Crippen molar-refractivity contribution in [3.05, 3.63) is 24.0 Å². The predicted molar refractivity (Wildman–Crippen MR) is 149 cm³/mol. The van der Waals surface area contributed by atoms with E-state index in [1.54, 1.807) is 27.8 Å². The Morgan fingerprint density at radius 2 is 2.00 bits per heavy atom. The number of aromatic nitrogens is 3. The molecular weight excluding hydrogens is 640 g/mol. The summed E-state index contributed by atoms with van der Waals surface area (Å²) in [4.78, 5) is 19.3. The highest BCUT2D eigenvalue weighted by molar-refractivity contribution is 14.2. The van der Waals surface area contributed by atoms with E-state index in [0.717, 1.165) is 19.3 Å². The van der Waals surface area contributed by atoms with Crippen molar-refractivity contribution in [3.8, 4) is 11.4 Å². The van der Waals surface area contributed by atoms with Crippen LogP contribution in [0.2, 0.25) is 0 Å². The van der Waals surface area contributed by atoms with Gasteiger partial charge in [-0.3, -0.25) is 4.98 Å². The molecule has 2 fully saturated rings. The van der Waals surface area contributed by atoms with E-state index in [4.69, 9.17) is 5.41 Å². The largest absolute Gasteiger partial charge is 0.394 e. The van der Waals surface area contributed by atoms with Gasteiger partial charge in [-0.15, -0.1) is 0 Å². The van der Waals surface area contributed by atoms with Gasteiger partial charge in [0, 0.05) is 43.7 Å². The molecular formula is C23H31F4IN7O2P. The summed E-state index contributed by atoms with van der Waals surface area (Å²) >= 11 is 2.21. The number of aliphatic hydroxyl groups excluding tert-OH is 1. The summed E-state index contributed by atoms with van der Waals surface area (Å²) in [6.07, 6.45) is 4.26. The third kappa shape index (κ3) is 8.22. The molecule has 2 heterocycles. The molecule has 2 aromatic heterocycles. The molecule has 210 valence electrons. The standard InChI is InChI=1S/C21H28FIN7O2P.C2H3F3/c1-2-7-29(21(13-31)5-6-21)19(32)27-17-11-30(33-23)28-18(17)16-8-15(14(9-24)10-25-16)26-12-20(22)3-4-20;1-2(3,4)5/h8-11,24,31,33H,2-7,12-13H2,1H3,(H,25,26)(H,27,32);1H3. The quantitative estimate of drug-likeness (QED) is 0.101. The van der Waals surface area contributed by atoms with Crippen molar-refractivity contribution >= 4 is 52.0 Å². The van der Waals surface area contributed by atoms with Crippen LogP contribution in [-0.4, -0.2) is 73.9 Å². The Balaban J connectivity index is 0.000000732. The van der Waals surface area contributed by atoms with Gasteiger partial charge in [0.1, 0.15) is 11.4 Å². The summed E-state index contributed by atoms with van der Waals surface area (Å²) < 4.78 is 46.9. The molecule has 2 aromatic rings. The fourth-order valence-corrected chi connectivity index (χ4v) is 4.80. The number of amides is 2. The number of rotatable bonds is 11. The Labute approximate surface area is 233 Å². The van der Waals surface area contributed by atoms with Crippen molar-refractivity contribution in [2.75, 3.05) is 30.3 Å². The first-order valence-corrected chi connectivity index (χ1v) is 16.1. The molecule has 4 rings (SSSR count). The lowest BCUT2D eigenvalue weighted by molar-refractivity contribution is -0.110. The minimum Gasteiger partial charge on any atom is -0.394 e. The fraction of sp³-hybridized carbons (Fsp3) is 0.565. The van der Waals surface area contributed by atoms with Crippen molar-refractivity contribution in [2.45, 2.75) is 63.3 Å². The Kier molecular flexibility index (Phi) is 9.96. The normalized spacial score (nSPS) is 16.9. The first-order chi connectivity index (χ1) is 17.9. The van der Waals surface area contributed by atoms with E-state index in [1.165, 1.54) is 6.21 Å². The van der Waals surface area contributed by atoms with E-state index < -0.39 is 17.4 Å². The van der Waals surface area contributed by atoms with Crippen molar-refractivity contribution in [3.63, 3.8) is 0 Å². The number of hydrogen-bond donors (Lipinski definition) is 4. The van der Waals surface area contributed by atoms with Crippen LogP contribution in [0.5, 0.6) is 0 Å². The van der Waals surface area contributed by atoms with E-state index in [0.29, 0.717) is 54.1 Å². The highest BCUT2D eigenvalue weighted by atomic mass is 127. The number of nitrogens with one attached hydrogen (secondary N) is 3. The lowest BCUT2D eigenvalue weighted by Gasteiger charge is -2.30. The second-order valence-electron chi connectivity index (χ2n) is 9.47. The molecule has 9 nitrogen and oxygen atoms in total. The second kappa shape index (κ2) is 12.4. The molecule has 2 saturated carbocycles. The molecule has 0 spiro atoms. The highest BCUT2D eigenvalue weighted by Crippen LogP contribution is 2.42. The van der Waals surface area contributed by atoms with Crippen LogP contribution in [-0.2, 0) is 0 Å². The molecule has 38 heavy (non-hydrogen) atoms. The third-order valence-electron chi connectivity index (χ3n) is 6.15. The van der Waals surface area contributed by atoms with Gasteiger partial charge in [-0.1, -0.05) is 6.92 Å². The van der Waals surface area contributed by atoms with Gasteiger partial charge in [0.25, 0.3) is 0 Å². The van der Waals surface area contributed by atoms with Crippen LogP contribution >= 0.6 is 28.4 Å². The van der Waals surface area contributed by atoms with Gasteiger partial charge in [0.15, 0.2) is 0 Å². The second-order valence-corrected chi connectivity index (χ2v) is 11.5. The zero-order valence-corrected chi connectivity index (χ0v) is 24.2. The highest BCUT2D eigenvalue weighted by Gasteiger charge is 2.49. The molecule has 0 aliphatic heterocycles. The Bertz CT molecular complexity index is 1130. The summed E-state index contributed by atoms with van der Waals surface area (Å²) in [5.41, 5.74) is 1.03. The Morgan fingerprint density at radius 1 is 1.34 bits per heavy atom. The van der Waals surface area contributed by atoms with Crippen LogP contribution in [0.25, 0.3) is 11.4 Å². The number of aliphatic hydroxyl groups is 1. The maximum absolute atomic E-state index is 14.1. The predicted octanol–water partition coefficient (Wildman–Crippen LogP) is 5.99. The lowest BCUT2D eigenvalue weighted by atomic mass is 10.1. The van der Waals surface area contributed by atoms with Crippen LogP contribution in [0.4, 0.5) is 33.7 Å². The fourth-order valence-electron chi connectivity index (χ4n) is 3.75. The van der Waals surface area contributed by atoms with Crippen molar-refractivity contribution < 1.29 is 27.5 Å². The molecule has 0 radical (unpaired) electrons. The monoisotopic (exact) mass is 671 g/mol. The summed E-state index contributed by atoms with van der Waals surface area (Å²) in [6, 6.07) is 1.47. The van der Waals surface area contributed by atoms with Gasteiger partial charge in [-0.2, -0.15) is 18.3 Å². The maximum atomic E-state index is 14.1. The molecule has 2 aliphatic carbocycles. The van der Waals surface area contributed by atoms with Crippen LogP contribution in [0.3, 0.4) is 0 Å².